The number of nitriles is 1. The number of nitrogens with zero attached hydrogens (tertiary/aromatic N) is 1. The number of hydrogen-bond acceptors (Lipinski definition) is 11. The Hall–Kier alpha value is -6.12. The molecule has 0 aliphatic carbocycles. The molecule has 0 spiro atoms. The fraction of sp³-hybridized carbons (Fsp3) is 0.211. The van der Waals surface area contributed by atoms with Gasteiger partial charge in [0.1, 0.15) is 24.9 Å². The molecule has 1 aliphatic rings. The van der Waals surface area contributed by atoms with Crippen LogP contribution in [0.15, 0.2) is 121 Å². The lowest BCUT2D eigenvalue weighted by molar-refractivity contribution is -0.260. The van der Waals surface area contributed by atoms with E-state index in [2.05, 4.69) is 0 Å². The van der Waals surface area contributed by atoms with Gasteiger partial charge in [0, 0.05) is 18.9 Å². The number of benzene rings is 4. The molecule has 5 rings (SSSR count). The van der Waals surface area contributed by atoms with Crippen LogP contribution in [0.25, 0.3) is 0 Å². The van der Waals surface area contributed by atoms with Gasteiger partial charge in [0.2, 0.25) is 0 Å². The maximum Gasteiger partial charge on any atom is 0.338 e. The summed E-state index contributed by atoms with van der Waals surface area (Å²) in [6.45, 7) is 0.460. The lowest BCUT2D eigenvalue weighted by Gasteiger charge is -2.48. The molecule has 11 heteroatoms. The van der Waals surface area contributed by atoms with Crippen molar-refractivity contribution >= 4 is 29.7 Å². The van der Waals surface area contributed by atoms with Crippen LogP contribution in [0, 0.1) is 11.3 Å². The second kappa shape index (κ2) is 15.6. The summed E-state index contributed by atoms with van der Waals surface area (Å²) in [4.78, 5) is 66.3. The van der Waals surface area contributed by atoms with E-state index < -0.39 is 72.7 Å². The van der Waals surface area contributed by atoms with E-state index in [1.54, 1.807) is 84.9 Å². The summed E-state index contributed by atoms with van der Waals surface area (Å²) in [7, 11) is 0. The van der Waals surface area contributed by atoms with Crippen molar-refractivity contribution in [1.29, 1.82) is 5.26 Å². The molecular formula is C38H31NO10. The van der Waals surface area contributed by atoms with Gasteiger partial charge >= 0.3 is 23.9 Å². The van der Waals surface area contributed by atoms with Crippen LogP contribution in [-0.2, 0) is 28.5 Å². The first-order valence-corrected chi connectivity index (χ1v) is 15.3. The van der Waals surface area contributed by atoms with Crippen molar-refractivity contribution in [3.8, 4) is 6.07 Å². The Labute approximate surface area is 281 Å². The largest absolute Gasteiger partial charge is 0.459 e. The smallest absolute Gasteiger partial charge is 0.338 e. The number of carbonyl (C=O) groups is 5. The van der Waals surface area contributed by atoms with Crippen molar-refractivity contribution in [3.05, 3.63) is 144 Å². The van der Waals surface area contributed by atoms with Gasteiger partial charge in [0.05, 0.1) is 16.7 Å². The molecule has 248 valence electrons. The van der Waals surface area contributed by atoms with Crippen molar-refractivity contribution in [3.63, 3.8) is 0 Å². The van der Waals surface area contributed by atoms with E-state index in [-0.39, 0.29) is 22.3 Å². The van der Waals surface area contributed by atoms with Gasteiger partial charge < -0.3 is 23.7 Å². The fourth-order valence-corrected chi connectivity index (χ4v) is 5.41. The second-order valence-corrected chi connectivity index (χ2v) is 11.0. The predicted octanol–water partition coefficient (Wildman–Crippen LogP) is 5.16. The molecule has 0 unspecified atom stereocenters. The molecule has 0 radical (unpaired) electrons. The molecule has 0 saturated carbocycles. The van der Waals surface area contributed by atoms with Crippen LogP contribution in [0.4, 0.5) is 0 Å². The number of Topliss-reactive ketones (excluding diaryl/α,β-unsaturated/α-hetero) is 1. The van der Waals surface area contributed by atoms with E-state index in [0.29, 0.717) is 0 Å². The normalized spacial score (nSPS) is 21.3. The Morgan fingerprint density at radius 2 is 1.12 bits per heavy atom. The molecule has 4 aromatic carbocycles. The second-order valence-electron chi connectivity index (χ2n) is 11.0. The van der Waals surface area contributed by atoms with E-state index in [9.17, 15) is 29.2 Å². The standard InChI is InChI=1S/C38H31NO10/c1-25(40)49-38(24-39)32(22-30(41)26-14-6-2-7-15-26)46-31(23-45-35(42)27-16-8-3-9-17-27)33(47-36(43)28-18-10-4-11-19-28)34(38)48-37(44)29-20-12-5-13-21-29/h2-21,31-34H,22-23H2,1H3/t31-,32+,33-,34+,38+/m1/s1. The third-order valence-electron chi connectivity index (χ3n) is 7.74. The highest BCUT2D eigenvalue weighted by Gasteiger charge is 2.64. The van der Waals surface area contributed by atoms with Gasteiger partial charge in [0.15, 0.2) is 18.0 Å². The Balaban J connectivity index is 1.61. The van der Waals surface area contributed by atoms with E-state index in [1.807, 2.05) is 6.07 Å². The Morgan fingerprint density at radius 3 is 1.59 bits per heavy atom. The van der Waals surface area contributed by atoms with Crippen molar-refractivity contribution in [2.45, 2.75) is 43.4 Å². The molecule has 5 atom stereocenters. The van der Waals surface area contributed by atoms with Crippen molar-refractivity contribution in [2.24, 2.45) is 0 Å². The molecule has 1 aliphatic heterocycles. The predicted molar refractivity (Wildman–Crippen MR) is 172 cm³/mol. The molecule has 0 bridgehead atoms. The zero-order valence-corrected chi connectivity index (χ0v) is 26.3. The van der Waals surface area contributed by atoms with Crippen LogP contribution < -0.4 is 0 Å². The molecule has 11 nitrogen and oxygen atoms in total. The minimum absolute atomic E-state index is 0.0701. The first kappa shape index (κ1) is 34.2. The lowest BCUT2D eigenvalue weighted by atomic mass is 9.80. The van der Waals surface area contributed by atoms with Crippen molar-refractivity contribution in [2.75, 3.05) is 6.61 Å². The van der Waals surface area contributed by atoms with E-state index in [0.717, 1.165) is 6.92 Å². The number of ketones is 1. The minimum atomic E-state index is -2.51. The topological polar surface area (TPSA) is 155 Å². The van der Waals surface area contributed by atoms with E-state index >= 15 is 0 Å². The Morgan fingerprint density at radius 1 is 0.673 bits per heavy atom. The average Bonchev–Trinajstić information content (AvgIpc) is 3.14. The van der Waals surface area contributed by atoms with Crippen LogP contribution >= 0.6 is 0 Å². The van der Waals surface area contributed by atoms with Gasteiger partial charge in [0.25, 0.3) is 5.60 Å². The summed E-state index contributed by atoms with van der Waals surface area (Å²) >= 11 is 0. The van der Waals surface area contributed by atoms with Crippen molar-refractivity contribution in [1.82, 2.24) is 0 Å². The first-order valence-electron chi connectivity index (χ1n) is 15.3. The van der Waals surface area contributed by atoms with Gasteiger partial charge in [-0.3, -0.25) is 9.59 Å². The number of carbonyl (C=O) groups excluding carboxylic acids is 5. The van der Waals surface area contributed by atoms with Gasteiger partial charge in [-0.15, -0.1) is 0 Å². The van der Waals surface area contributed by atoms with Crippen LogP contribution in [0.1, 0.15) is 54.8 Å². The minimum Gasteiger partial charge on any atom is -0.459 e. The monoisotopic (exact) mass is 661 g/mol. The zero-order valence-electron chi connectivity index (χ0n) is 26.3. The Bertz CT molecular complexity index is 1830. The molecule has 0 aromatic heterocycles. The van der Waals surface area contributed by atoms with Crippen LogP contribution in [0.5, 0.6) is 0 Å². The summed E-state index contributed by atoms with van der Waals surface area (Å²) in [5.74, 6) is -4.06. The van der Waals surface area contributed by atoms with Crippen LogP contribution in [0.3, 0.4) is 0 Å². The lowest BCUT2D eigenvalue weighted by Crippen LogP contribution is -2.69. The summed E-state index contributed by atoms with van der Waals surface area (Å²) in [6.07, 6.45) is -7.10. The van der Waals surface area contributed by atoms with Gasteiger partial charge in [-0.1, -0.05) is 84.9 Å². The maximum absolute atomic E-state index is 13.6. The van der Waals surface area contributed by atoms with Crippen molar-refractivity contribution < 1.29 is 47.7 Å². The molecule has 0 N–H and O–H groups in total. The number of hydrogen-bond donors (Lipinski definition) is 0. The average molecular weight is 662 g/mol. The molecule has 4 aromatic rings. The van der Waals surface area contributed by atoms with Gasteiger partial charge in [-0.05, 0) is 36.4 Å². The molecule has 0 amide bonds. The SMILES string of the molecule is CC(=O)O[C@@]1(C#N)[C@H](CC(=O)c2ccccc2)O[C@H](COC(=O)c2ccccc2)[C@@H](OC(=O)c2ccccc2)[C@@H]1OC(=O)c1ccccc1. The first-order chi connectivity index (χ1) is 23.7. The quantitative estimate of drug-likeness (QED) is 0.119. The van der Waals surface area contributed by atoms with Crippen LogP contribution in [0.2, 0.25) is 0 Å². The highest BCUT2D eigenvalue weighted by molar-refractivity contribution is 5.96. The molecular weight excluding hydrogens is 630 g/mol. The molecule has 1 fully saturated rings. The van der Waals surface area contributed by atoms with E-state index in [4.69, 9.17) is 23.7 Å². The number of rotatable bonds is 11. The maximum atomic E-state index is 13.6. The summed E-state index contributed by atoms with van der Waals surface area (Å²) < 4.78 is 29.3. The zero-order chi connectivity index (χ0) is 34.8. The van der Waals surface area contributed by atoms with E-state index in [1.165, 1.54) is 36.4 Å². The fourth-order valence-electron chi connectivity index (χ4n) is 5.41. The third kappa shape index (κ3) is 8.06. The summed E-state index contributed by atoms with van der Waals surface area (Å²) in [6, 6.07) is 33.7. The number of esters is 4. The molecule has 1 saturated heterocycles. The Kier molecular flexibility index (Phi) is 10.9. The summed E-state index contributed by atoms with van der Waals surface area (Å²) in [5, 5.41) is 10.8. The highest BCUT2D eigenvalue weighted by atomic mass is 16.7. The van der Waals surface area contributed by atoms with Gasteiger partial charge in [-0.2, -0.15) is 5.26 Å². The third-order valence-corrected chi connectivity index (χ3v) is 7.74. The molecule has 1 heterocycles. The summed E-state index contributed by atoms with van der Waals surface area (Å²) in [5.41, 5.74) is -1.86. The molecule has 49 heavy (non-hydrogen) atoms. The number of ether oxygens (including phenoxy) is 5. The van der Waals surface area contributed by atoms with Gasteiger partial charge in [-0.25, -0.2) is 14.4 Å². The highest BCUT2D eigenvalue weighted by Crippen LogP contribution is 2.40. The van der Waals surface area contributed by atoms with Crippen LogP contribution in [-0.4, -0.2) is 66.3 Å².